The molecule has 0 spiro atoms. The topological polar surface area (TPSA) is 0 Å². The summed E-state index contributed by atoms with van der Waals surface area (Å²) in [7, 11) is 0. The Labute approximate surface area is 184 Å². The zero-order chi connectivity index (χ0) is 21.2. The van der Waals surface area contributed by atoms with Crippen molar-refractivity contribution in [3.05, 3.63) is 131 Å². The Morgan fingerprint density at radius 1 is 0.467 bits per heavy atom. The molecule has 5 rings (SSSR count). The number of aryl methyl sites for hydroxylation is 3. The van der Waals surface area contributed by atoms with Crippen LogP contribution in [-0.4, -0.2) is 0 Å². The fourth-order valence-electron chi connectivity index (χ4n) is 3.03. The van der Waals surface area contributed by atoms with E-state index in [2.05, 4.69) is 112 Å². The third-order valence-electron chi connectivity index (χ3n) is 4.65. The van der Waals surface area contributed by atoms with Gasteiger partial charge in [0, 0.05) is 9.58 Å². The lowest BCUT2D eigenvalue weighted by atomic mass is 10.0. The van der Waals surface area contributed by atoms with Gasteiger partial charge >= 0.3 is 0 Å². The van der Waals surface area contributed by atoms with E-state index in [1.807, 2.05) is 35.6 Å². The Kier molecular flexibility index (Phi) is 8.00. The molecule has 0 saturated heterocycles. The van der Waals surface area contributed by atoms with Gasteiger partial charge in [0.05, 0.1) is 0 Å². The molecule has 0 unspecified atom stereocenters. The lowest BCUT2D eigenvalue weighted by molar-refractivity contribution is 1.47. The van der Waals surface area contributed by atoms with E-state index >= 15 is 0 Å². The van der Waals surface area contributed by atoms with Crippen molar-refractivity contribution in [3.8, 4) is 11.1 Å². The number of thiophene rings is 1. The van der Waals surface area contributed by atoms with Gasteiger partial charge in [-0.3, -0.25) is 0 Å². The number of hydrogen-bond donors (Lipinski definition) is 0. The van der Waals surface area contributed by atoms with E-state index in [1.54, 1.807) is 0 Å². The van der Waals surface area contributed by atoms with Gasteiger partial charge in [0.1, 0.15) is 0 Å². The summed E-state index contributed by atoms with van der Waals surface area (Å²) in [5.74, 6) is 0. The second-order valence-corrected chi connectivity index (χ2v) is 8.57. The summed E-state index contributed by atoms with van der Waals surface area (Å²) < 4.78 is 1.39. The van der Waals surface area contributed by atoms with Crippen molar-refractivity contribution in [3.63, 3.8) is 0 Å². The highest BCUT2D eigenvalue weighted by Crippen LogP contribution is 2.23. The van der Waals surface area contributed by atoms with Crippen LogP contribution in [0.4, 0.5) is 0 Å². The molecule has 1 heterocycles. The molecular weight excluding hydrogens is 380 g/mol. The van der Waals surface area contributed by atoms with Gasteiger partial charge < -0.3 is 0 Å². The van der Waals surface area contributed by atoms with E-state index in [4.69, 9.17) is 0 Å². The Balaban J connectivity index is 0.000000134. The van der Waals surface area contributed by atoms with Crippen molar-refractivity contribution < 1.29 is 0 Å². The van der Waals surface area contributed by atoms with Gasteiger partial charge in [-0.2, -0.15) is 0 Å². The molecule has 0 bridgehead atoms. The number of benzene rings is 4. The summed E-state index contributed by atoms with van der Waals surface area (Å²) in [6.45, 7) is 6.33. The van der Waals surface area contributed by atoms with Crippen LogP contribution in [0, 0.1) is 20.8 Å². The standard InChI is InChI=1S/C13H12.C9H8S.C7H8/c1-11-7-9-13(10-8-11)12-5-3-2-4-6-12;1-7-6-8-4-2-3-5-9(8)10-7;1-7-5-3-2-4-6-7/h2-10H,1H3;2-6H,1H3;2-6H,1H3. The van der Waals surface area contributed by atoms with Crippen molar-refractivity contribution in [1.82, 2.24) is 0 Å². The predicted molar refractivity (Wildman–Crippen MR) is 134 cm³/mol. The first-order chi connectivity index (χ1) is 14.6. The maximum atomic E-state index is 2.22. The van der Waals surface area contributed by atoms with Crippen LogP contribution >= 0.6 is 11.3 Å². The predicted octanol–water partition coefficient (Wildman–Crippen LogP) is 8.87. The summed E-state index contributed by atoms with van der Waals surface area (Å²) in [6, 6.07) is 40.0. The zero-order valence-corrected chi connectivity index (χ0v) is 18.7. The summed E-state index contributed by atoms with van der Waals surface area (Å²) in [4.78, 5) is 1.39. The molecule has 1 heteroatoms. The highest BCUT2D eigenvalue weighted by molar-refractivity contribution is 7.19. The average molecular weight is 409 g/mol. The third kappa shape index (κ3) is 6.72. The molecular formula is C29H28S. The lowest BCUT2D eigenvalue weighted by Crippen LogP contribution is -1.76. The Morgan fingerprint density at radius 2 is 0.967 bits per heavy atom. The van der Waals surface area contributed by atoms with Crippen LogP contribution in [0.1, 0.15) is 16.0 Å². The first-order valence-electron chi connectivity index (χ1n) is 10.2. The van der Waals surface area contributed by atoms with E-state index < -0.39 is 0 Å². The summed E-state index contributed by atoms with van der Waals surface area (Å²) in [5, 5.41) is 1.37. The molecule has 0 radical (unpaired) electrons. The second-order valence-electron chi connectivity index (χ2n) is 7.28. The van der Waals surface area contributed by atoms with Gasteiger partial charge in [0.15, 0.2) is 0 Å². The van der Waals surface area contributed by atoms with E-state index in [0.29, 0.717) is 0 Å². The Bertz CT molecular complexity index is 1100. The van der Waals surface area contributed by atoms with Crippen LogP contribution in [0.15, 0.2) is 115 Å². The Morgan fingerprint density at radius 3 is 1.53 bits per heavy atom. The van der Waals surface area contributed by atoms with Gasteiger partial charge in [0.25, 0.3) is 0 Å². The number of hydrogen-bond acceptors (Lipinski definition) is 1. The SMILES string of the molecule is Cc1cc2ccccc2s1.Cc1ccc(-c2ccccc2)cc1.Cc1ccccc1. The smallest absolute Gasteiger partial charge is 0.0345 e. The molecule has 150 valence electrons. The van der Waals surface area contributed by atoms with Gasteiger partial charge in [-0.25, -0.2) is 0 Å². The van der Waals surface area contributed by atoms with Crippen LogP contribution in [0.5, 0.6) is 0 Å². The fraction of sp³-hybridized carbons (Fsp3) is 0.103. The summed E-state index contributed by atoms with van der Waals surface area (Å²) in [6.07, 6.45) is 0. The highest BCUT2D eigenvalue weighted by atomic mass is 32.1. The van der Waals surface area contributed by atoms with Gasteiger partial charge in [-0.15, -0.1) is 11.3 Å². The van der Waals surface area contributed by atoms with Crippen molar-refractivity contribution in [2.24, 2.45) is 0 Å². The monoisotopic (exact) mass is 408 g/mol. The second kappa shape index (κ2) is 11.1. The molecule has 1 aromatic heterocycles. The molecule has 0 fully saturated rings. The summed E-state index contributed by atoms with van der Waals surface area (Å²) >= 11 is 1.85. The van der Waals surface area contributed by atoms with E-state index in [9.17, 15) is 0 Å². The van der Waals surface area contributed by atoms with Crippen molar-refractivity contribution >= 4 is 21.4 Å². The van der Waals surface area contributed by atoms with Gasteiger partial charge in [0.2, 0.25) is 0 Å². The van der Waals surface area contributed by atoms with Crippen LogP contribution in [0.25, 0.3) is 21.2 Å². The van der Waals surface area contributed by atoms with E-state index in [1.165, 1.54) is 37.2 Å². The van der Waals surface area contributed by atoms with Crippen molar-refractivity contribution in [2.45, 2.75) is 20.8 Å². The Hall–Kier alpha value is -3.16. The third-order valence-corrected chi connectivity index (χ3v) is 5.68. The largest absolute Gasteiger partial charge is 0.141 e. The van der Waals surface area contributed by atoms with Crippen LogP contribution in [0.3, 0.4) is 0 Å². The fourth-order valence-corrected chi connectivity index (χ4v) is 3.95. The quantitative estimate of drug-likeness (QED) is 0.260. The molecule has 0 aliphatic heterocycles. The van der Waals surface area contributed by atoms with E-state index in [0.717, 1.165) is 0 Å². The zero-order valence-electron chi connectivity index (χ0n) is 17.9. The first kappa shape index (κ1) is 21.5. The molecule has 5 aromatic rings. The molecule has 0 N–H and O–H groups in total. The van der Waals surface area contributed by atoms with Crippen molar-refractivity contribution in [2.75, 3.05) is 0 Å². The van der Waals surface area contributed by atoms with Crippen molar-refractivity contribution in [1.29, 1.82) is 0 Å². The molecule has 30 heavy (non-hydrogen) atoms. The molecule has 0 aliphatic rings. The first-order valence-corrected chi connectivity index (χ1v) is 11.0. The summed E-state index contributed by atoms with van der Waals surface area (Å²) in [5.41, 5.74) is 5.19. The highest BCUT2D eigenvalue weighted by Gasteiger charge is 1.94. The van der Waals surface area contributed by atoms with Crippen LogP contribution < -0.4 is 0 Å². The minimum absolute atomic E-state index is 1.28. The van der Waals surface area contributed by atoms with Crippen LogP contribution in [0.2, 0.25) is 0 Å². The van der Waals surface area contributed by atoms with Gasteiger partial charge in [-0.1, -0.05) is 114 Å². The van der Waals surface area contributed by atoms with E-state index in [-0.39, 0.29) is 0 Å². The van der Waals surface area contributed by atoms with Gasteiger partial charge in [-0.05, 0) is 49.4 Å². The molecule has 4 aromatic carbocycles. The molecule has 0 nitrogen and oxygen atoms in total. The maximum Gasteiger partial charge on any atom is 0.0345 e. The molecule has 0 amide bonds. The number of fused-ring (bicyclic) bond motifs is 1. The normalized spacial score (nSPS) is 9.83. The number of rotatable bonds is 1. The lowest BCUT2D eigenvalue weighted by Gasteiger charge is -2.00. The molecule has 0 atom stereocenters. The van der Waals surface area contributed by atoms with Crippen LogP contribution in [-0.2, 0) is 0 Å². The minimum Gasteiger partial charge on any atom is -0.141 e. The maximum absolute atomic E-state index is 2.22. The molecule has 0 aliphatic carbocycles. The minimum atomic E-state index is 1.28. The molecule has 0 saturated carbocycles. The average Bonchev–Trinajstić information content (AvgIpc) is 3.16.